The molecule has 2 atom stereocenters. The van der Waals surface area contributed by atoms with Crippen LogP contribution in [0.2, 0.25) is 0 Å². The van der Waals surface area contributed by atoms with Gasteiger partial charge in [-0.1, -0.05) is 0 Å². The lowest BCUT2D eigenvalue weighted by atomic mass is 10.0. The normalized spacial score (nSPS) is 40.2. The smallest absolute Gasteiger partial charge is 0.322 e. The molecule has 2 aliphatic heterocycles. The largest absolute Gasteiger partial charge is 0.322 e. The Kier molecular flexibility index (Phi) is 1.47. The zero-order chi connectivity index (χ0) is 8.77. The number of imide groups is 1. The molecule has 1 spiro atoms. The fourth-order valence-electron chi connectivity index (χ4n) is 1.51. The Labute approximate surface area is 71.3 Å². The van der Waals surface area contributed by atoms with Crippen LogP contribution in [-0.4, -0.2) is 33.2 Å². The summed E-state index contributed by atoms with van der Waals surface area (Å²) in [5, 5.41) is 4.66. The molecule has 2 heterocycles. The SMILES string of the molecule is O=C1NC(=O)[C@]2(CC[S@](=O)C2)N1. The first kappa shape index (κ1) is 7.72. The van der Waals surface area contributed by atoms with E-state index in [4.69, 9.17) is 0 Å². The van der Waals surface area contributed by atoms with Crippen LogP contribution in [0.5, 0.6) is 0 Å². The first-order chi connectivity index (χ1) is 5.62. The average Bonchev–Trinajstić information content (AvgIpc) is 2.43. The van der Waals surface area contributed by atoms with Crippen molar-refractivity contribution in [3.8, 4) is 0 Å². The minimum absolute atomic E-state index is 0.255. The van der Waals surface area contributed by atoms with Gasteiger partial charge in [0.15, 0.2) is 0 Å². The Hall–Kier alpha value is -0.910. The summed E-state index contributed by atoms with van der Waals surface area (Å²) in [4.78, 5) is 22.0. The number of urea groups is 1. The molecule has 6 heteroatoms. The molecule has 0 aromatic carbocycles. The predicted octanol–water partition coefficient (Wildman–Crippen LogP) is -1.28. The van der Waals surface area contributed by atoms with Gasteiger partial charge in [0, 0.05) is 16.6 Å². The van der Waals surface area contributed by atoms with Crippen LogP contribution in [0, 0.1) is 0 Å². The van der Waals surface area contributed by atoms with Crippen LogP contribution in [-0.2, 0) is 15.6 Å². The molecule has 0 radical (unpaired) electrons. The molecule has 5 nitrogen and oxygen atoms in total. The molecule has 0 aromatic heterocycles. The van der Waals surface area contributed by atoms with E-state index < -0.39 is 22.4 Å². The zero-order valence-electron chi connectivity index (χ0n) is 6.25. The van der Waals surface area contributed by atoms with Gasteiger partial charge in [-0.25, -0.2) is 4.79 Å². The first-order valence-corrected chi connectivity index (χ1v) is 5.10. The third-order valence-corrected chi connectivity index (χ3v) is 3.65. The van der Waals surface area contributed by atoms with Crippen LogP contribution in [0.3, 0.4) is 0 Å². The summed E-state index contributed by atoms with van der Waals surface area (Å²) in [7, 11) is -0.963. The van der Waals surface area contributed by atoms with E-state index in [-0.39, 0.29) is 11.7 Å². The zero-order valence-corrected chi connectivity index (χ0v) is 7.07. The van der Waals surface area contributed by atoms with Gasteiger partial charge in [-0.3, -0.25) is 14.3 Å². The molecule has 0 saturated carbocycles. The fourth-order valence-corrected chi connectivity index (χ4v) is 3.13. The summed E-state index contributed by atoms with van der Waals surface area (Å²) < 4.78 is 11.0. The maximum absolute atomic E-state index is 11.2. The Morgan fingerprint density at radius 1 is 1.42 bits per heavy atom. The Morgan fingerprint density at radius 3 is 2.58 bits per heavy atom. The number of amides is 3. The number of hydrogen-bond acceptors (Lipinski definition) is 3. The fraction of sp³-hybridized carbons (Fsp3) is 0.667. The van der Waals surface area contributed by atoms with E-state index in [0.29, 0.717) is 12.2 Å². The van der Waals surface area contributed by atoms with Crippen molar-refractivity contribution in [2.24, 2.45) is 0 Å². The molecule has 0 aromatic rings. The summed E-state index contributed by atoms with van der Waals surface area (Å²) in [6.45, 7) is 0. The van der Waals surface area contributed by atoms with E-state index >= 15 is 0 Å². The van der Waals surface area contributed by atoms with Gasteiger partial charge >= 0.3 is 6.03 Å². The predicted molar refractivity (Wildman–Crippen MR) is 41.9 cm³/mol. The standard InChI is InChI=1S/C6H8N2O3S/c9-4-6(8-5(10)7-4)1-2-12(11)3-6/h1-3H2,(H2,7,8,9,10)/t6-,12+/m1/s1. The highest BCUT2D eigenvalue weighted by molar-refractivity contribution is 7.85. The monoisotopic (exact) mass is 188 g/mol. The quantitative estimate of drug-likeness (QED) is 0.465. The number of carbonyl (C=O) groups excluding carboxylic acids is 2. The summed E-state index contributed by atoms with van der Waals surface area (Å²) in [5.74, 6) is 0.413. The molecule has 12 heavy (non-hydrogen) atoms. The van der Waals surface area contributed by atoms with E-state index in [1.54, 1.807) is 0 Å². The van der Waals surface area contributed by atoms with Crippen molar-refractivity contribution in [2.45, 2.75) is 12.0 Å². The number of rotatable bonds is 0. The first-order valence-electron chi connectivity index (χ1n) is 3.61. The number of nitrogens with one attached hydrogen (secondary N) is 2. The van der Waals surface area contributed by atoms with Gasteiger partial charge in [-0.05, 0) is 6.42 Å². The van der Waals surface area contributed by atoms with Gasteiger partial charge < -0.3 is 5.32 Å². The minimum atomic E-state index is -0.963. The maximum atomic E-state index is 11.2. The second kappa shape index (κ2) is 2.29. The van der Waals surface area contributed by atoms with E-state index in [1.165, 1.54) is 0 Å². The molecule has 0 bridgehead atoms. The van der Waals surface area contributed by atoms with Crippen molar-refractivity contribution in [1.29, 1.82) is 0 Å². The van der Waals surface area contributed by atoms with Crippen LogP contribution in [0.25, 0.3) is 0 Å². The van der Waals surface area contributed by atoms with Crippen molar-refractivity contribution in [3.05, 3.63) is 0 Å². The molecule has 66 valence electrons. The molecular weight excluding hydrogens is 180 g/mol. The minimum Gasteiger partial charge on any atom is -0.322 e. The van der Waals surface area contributed by atoms with Crippen LogP contribution < -0.4 is 10.6 Å². The molecule has 0 unspecified atom stereocenters. The molecule has 2 saturated heterocycles. The summed E-state index contributed by atoms with van der Waals surface area (Å²) in [5.41, 5.74) is -0.859. The summed E-state index contributed by atoms with van der Waals surface area (Å²) in [6.07, 6.45) is 0.483. The van der Waals surface area contributed by atoms with Crippen LogP contribution in [0.15, 0.2) is 0 Å². The molecular formula is C6H8N2O3S. The lowest BCUT2D eigenvalue weighted by molar-refractivity contribution is -0.123. The highest BCUT2D eigenvalue weighted by atomic mass is 32.2. The van der Waals surface area contributed by atoms with Crippen molar-refractivity contribution < 1.29 is 13.8 Å². The van der Waals surface area contributed by atoms with E-state index in [2.05, 4.69) is 10.6 Å². The van der Waals surface area contributed by atoms with Crippen LogP contribution in [0.4, 0.5) is 4.79 Å². The summed E-state index contributed by atoms with van der Waals surface area (Å²) >= 11 is 0. The lowest BCUT2D eigenvalue weighted by Crippen LogP contribution is -2.47. The molecule has 2 N–H and O–H groups in total. The second-order valence-electron chi connectivity index (χ2n) is 3.03. The van der Waals surface area contributed by atoms with Gasteiger partial charge in [0.1, 0.15) is 5.54 Å². The Balaban J connectivity index is 2.27. The van der Waals surface area contributed by atoms with Crippen molar-refractivity contribution in [2.75, 3.05) is 11.5 Å². The third-order valence-electron chi connectivity index (χ3n) is 2.18. The van der Waals surface area contributed by atoms with Gasteiger partial charge in [0.05, 0.1) is 5.75 Å². The van der Waals surface area contributed by atoms with Crippen molar-refractivity contribution >= 4 is 22.7 Å². The Morgan fingerprint density at radius 2 is 2.17 bits per heavy atom. The number of hydrogen-bond donors (Lipinski definition) is 2. The average molecular weight is 188 g/mol. The molecule has 3 amide bonds. The van der Waals surface area contributed by atoms with Crippen LogP contribution >= 0.6 is 0 Å². The van der Waals surface area contributed by atoms with Gasteiger partial charge in [0.25, 0.3) is 5.91 Å². The van der Waals surface area contributed by atoms with Gasteiger partial charge in [0.2, 0.25) is 0 Å². The number of carbonyl (C=O) groups is 2. The van der Waals surface area contributed by atoms with Crippen molar-refractivity contribution in [1.82, 2.24) is 10.6 Å². The molecule has 2 aliphatic rings. The van der Waals surface area contributed by atoms with Crippen molar-refractivity contribution in [3.63, 3.8) is 0 Å². The maximum Gasteiger partial charge on any atom is 0.322 e. The lowest BCUT2D eigenvalue weighted by Gasteiger charge is -2.16. The molecule has 2 rings (SSSR count). The van der Waals surface area contributed by atoms with Gasteiger partial charge in [-0.2, -0.15) is 0 Å². The second-order valence-corrected chi connectivity index (χ2v) is 4.61. The molecule has 0 aliphatic carbocycles. The van der Waals surface area contributed by atoms with E-state index in [0.717, 1.165) is 0 Å². The van der Waals surface area contributed by atoms with Crippen LogP contribution in [0.1, 0.15) is 6.42 Å². The van der Waals surface area contributed by atoms with E-state index in [9.17, 15) is 13.8 Å². The highest BCUT2D eigenvalue weighted by Crippen LogP contribution is 2.23. The van der Waals surface area contributed by atoms with Gasteiger partial charge in [-0.15, -0.1) is 0 Å². The summed E-state index contributed by atoms with van der Waals surface area (Å²) in [6, 6.07) is -0.473. The molecule has 2 fully saturated rings. The highest BCUT2D eigenvalue weighted by Gasteiger charge is 2.50. The third kappa shape index (κ3) is 0.945. The Bertz CT molecular complexity index is 287. The topological polar surface area (TPSA) is 75.3 Å². The van der Waals surface area contributed by atoms with E-state index in [1.807, 2.05) is 0 Å².